The van der Waals surface area contributed by atoms with E-state index in [4.69, 9.17) is 5.11 Å². The van der Waals surface area contributed by atoms with Gasteiger partial charge in [0, 0.05) is 12.1 Å². The fraction of sp³-hybridized carbons (Fsp3) is 0.421. The number of nitrogens with one attached hydrogen (secondary N) is 2. The molecule has 1 aliphatic carbocycles. The largest absolute Gasteiger partial charge is 0.465 e. The normalized spacial score (nSPS) is 19.7. The Morgan fingerprint density at radius 3 is 2.35 bits per heavy atom. The van der Waals surface area contributed by atoms with E-state index in [0.717, 1.165) is 36.9 Å². The maximum Gasteiger partial charge on any atom is 0.404 e. The first-order chi connectivity index (χ1) is 12.5. The molecule has 0 saturated heterocycles. The van der Waals surface area contributed by atoms with E-state index in [2.05, 4.69) is 15.7 Å². The second kappa shape index (κ2) is 8.03. The van der Waals surface area contributed by atoms with Crippen LogP contribution >= 0.6 is 0 Å². The molecular weight excluding hydrogens is 332 g/mol. The summed E-state index contributed by atoms with van der Waals surface area (Å²) in [6, 6.07) is 11.8. The van der Waals surface area contributed by atoms with Gasteiger partial charge in [0.15, 0.2) is 0 Å². The molecular formula is C19H24N4O3. The molecule has 26 heavy (non-hydrogen) atoms. The van der Waals surface area contributed by atoms with Crippen LogP contribution < -0.4 is 10.6 Å². The molecule has 0 aliphatic heterocycles. The van der Waals surface area contributed by atoms with E-state index in [-0.39, 0.29) is 18.0 Å². The Labute approximate surface area is 152 Å². The number of aromatic nitrogens is 2. The summed E-state index contributed by atoms with van der Waals surface area (Å²) in [5, 5.41) is 18.8. The van der Waals surface area contributed by atoms with E-state index < -0.39 is 6.09 Å². The summed E-state index contributed by atoms with van der Waals surface area (Å²) >= 11 is 0. The smallest absolute Gasteiger partial charge is 0.404 e. The Bertz CT molecular complexity index is 764. The van der Waals surface area contributed by atoms with E-state index in [9.17, 15) is 9.59 Å². The van der Waals surface area contributed by atoms with E-state index in [0.29, 0.717) is 12.2 Å². The number of benzene rings is 1. The minimum atomic E-state index is -0.988. The van der Waals surface area contributed by atoms with Gasteiger partial charge in [-0.2, -0.15) is 5.10 Å². The molecule has 2 aromatic rings. The number of hydrogen-bond donors (Lipinski definition) is 3. The third kappa shape index (κ3) is 4.62. The van der Waals surface area contributed by atoms with Crippen molar-refractivity contribution in [2.75, 3.05) is 0 Å². The number of rotatable bonds is 5. The molecule has 0 unspecified atom stereocenters. The van der Waals surface area contributed by atoms with Gasteiger partial charge in [0.25, 0.3) is 5.91 Å². The zero-order valence-electron chi connectivity index (χ0n) is 14.8. The molecule has 1 fully saturated rings. The van der Waals surface area contributed by atoms with Gasteiger partial charge < -0.3 is 15.7 Å². The second-order valence-corrected chi connectivity index (χ2v) is 6.79. The van der Waals surface area contributed by atoms with Gasteiger partial charge in [0.05, 0.1) is 12.2 Å². The average molecular weight is 356 g/mol. The van der Waals surface area contributed by atoms with Crippen LogP contribution in [0, 0.1) is 6.92 Å². The number of nitrogens with zero attached hydrogens (tertiary/aromatic N) is 2. The highest BCUT2D eigenvalue weighted by atomic mass is 16.4. The minimum absolute atomic E-state index is 0.0218. The first-order valence-electron chi connectivity index (χ1n) is 8.90. The second-order valence-electron chi connectivity index (χ2n) is 6.79. The zero-order chi connectivity index (χ0) is 18.5. The van der Waals surface area contributed by atoms with Crippen molar-refractivity contribution < 1.29 is 14.7 Å². The lowest BCUT2D eigenvalue weighted by Gasteiger charge is -2.28. The van der Waals surface area contributed by atoms with Crippen molar-refractivity contribution >= 4 is 12.0 Å². The predicted octanol–water partition coefficient (Wildman–Crippen LogP) is 2.55. The first kappa shape index (κ1) is 18.0. The van der Waals surface area contributed by atoms with Crippen LogP contribution in [-0.2, 0) is 6.54 Å². The van der Waals surface area contributed by atoms with Crippen LogP contribution in [0.25, 0.3) is 0 Å². The maximum absolute atomic E-state index is 12.7. The summed E-state index contributed by atoms with van der Waals surface area (Å²) in [5.41, 5.74) is 2.45. The van der Waals surface area contributed by atoms with Crippen molar-refractivity contribution in [1.29, 1.82) is 0 Å². The lowest BCUT2D eigenvalue weighted by Crippen LogP contribution is -2.43. The highest BCUT2D eigenvalue weighted by Gasteiger charge is 2.25. The Balaban J connectivity index is 1.61. The quantitative estimate of drug-likeness (QED) is 0.767. The molecule has 0 radical (unpaired) electrons. The zero-order valence-corrected chi connectivity index (χ0v) is 14.8. The number of carboxylic acid groups (broad SMARTS) is 1. The summed E-state index contributed by atoms with van der Waals surface area (Å²) < 4.78 is 1.73. The molecule has 1 saturated carbocycles. The number of carbonyl (C=O) groups is 2. The fourth-order valence-electron chi connectivity index (χ4n) is 3.42. The predicted molar refractivity (Wildman–Crippen MR) is 97.2 cm³/mol. The van der Waals surface area contributed by atoms with Gasteiger partial charge in [-0.05, 0) is 44.2 Å². The monoisotopic (exact) mass is 356 g/mol. The van der Waals surface area contributed by atoms with Crippen molar-refractivity contribution in [3.8, 4) is 0 Å². The van der Waals surface area contributed by atoms with Crippen molar-refractivity contribution in [1.82, 2.24) is 20.4 Å². The van der Waals surface area contributed by atoms with E-state index in [1.165, 1.54) is 0 Å². The summed E-state index contributed by atoms with van der Waals surface area (Å²) in [5.74, 6) is -0.129. The van der Waals surface area contributed by atoms with Gasteiger partial charge in [0.2, 0.25) is 0 Å². The summed E-state index contributed by atoms with van der Waals surface area (Å²) in [6.45, 7) is 2.42. The molecule has 1 heterocycles. The summed E-state index contributed by atoms with van der Waals surface area (Å²) in [6.07, 6.45) is 2.02. The standard InChI is InChI=1S/C19H24N4O3/c1-13-11-17(23(22-13)12-14-5-3-2-4-6-14)18(24)20-15-7-9-16(10-8-15)21-19(25)26/h2-6,11,15-16,21H,7-10,12H2,1H3,(H,20,24)(H,25,26)/t15-,16-. The van der Waals surface area contributed by atoms with Gasteiger partial charge in [-0.3, -0.25) is 9.48 Å². The molecule has 138 valence electrons. The van der Waals surface area contributed by atoms with Crippen LogP contribution in [0.2, 0.25) is 0 Å². The van der Waals surface area contributed by atoms with Gasteiger partial charge in [0.1, 0.15) is 5.69 Å². The SMILES string of the molecule is Cc1cc(C(=O)N[C@H]2CC[C@H](NC(=O)O)CC2)n(Cc2ccccc2)n1. The minimum Gasteiger partial charge on any atom is -0.465 e. The van der Waals surface area contributed by atoms with Gasteiger partial charge in [-0.15, -0.1) is 0 Å². The molecule has 1 aromatic carbocycles. The van der Waals surface area contributed by atoms with E-state index in [1.54, 1.807) is 10.7 Å². The van der Waals surface area contributed by atoms with Gasteiger partial charge in [-0.25, -0.2) is 4.79 Å². The molecule has 2 amide bonds. The molecule has 1 aliphatic rings. The van der Waals surface area contributed by atoms with E-state index in [1.807, 2.05) is 37.3 Å². The van der Waals surface area contributed by atoms with Crippen molar-refractivity contribution in [3.05, 3.63) is 53.3 Å². The number of carbonyl (C=O) groups excluding carboxylic acids is 1. The van der Waals surface area contributed by atoms with Crippen molar-refractivity contribution in [3.63, 3.8) is 0 Å². The lowest BCUT2D eigenvalue weighted by atomic mass is 9.91. The molecule has 0 spiro atoms. The Morgan fingerprint density at radius 1 is 1.12 bits per heavy atom. The number of aryl methyl sites for hydroxylation is 1. The molecule has 3 rings (SSSR count). The highest BCUT2D eigenvalue weighted by molar-refractivity contribution is 5.92. The molecule has 1 aromatic heterocycles. The van der Waals surface area contributed by atoms with Crippen molar-refractivity contribution in [2.45, 2.75) is 51.2 Å². The van der Waals surface area contributed by atoms with Crippen LogP contribution in [0.15, 0.2) is 36.4 Å². The third-order valence-corrected chi connectivity index (χ3v) is 4.70. The number of hydrogen-bond acceptors (Lipinski definition) is 3. The molecule has 7 heteroatoms. The molecule has 0 bridgehead atoms. The van der Waals surface area contributed by atoms with Gasteiger partial charge >= 0.3 is 6.09 Å². The third-order valence-electron chi connectivity index (χ3n) is 4.70. The lowest BCUT2D eigenvalue weighted by molar-refractivity contribution is 0.0912. The maximum atomic E-state index is 12.7. The molecule has 0 atom stereocenters. The van der Waals surface area contributed by atoms with Crippen LogP contribution in [0.5, 0.6) is 0 Å². The fourth-order valence-corrected chi connectivity index (χ4v) is 3.42. The highest BCUT2D eigenvalue weighted by Crippen LogP contribution is 2.19. The van der Waals surface area contributed by atoms with Crippen LogP contribution in [-0.4, -0.2) is 39.0 Å². The van der Waals surface area contributed by atoms with Crippen LogP contribution in [0.3, 0.4) is 0 Å². The summed E-state index contributed by atoms with van der Waals surface area (Å²) in [7, 11) is 0. The van der Waals surface area contributed by atoms with Crippen LogP contribution in [0.4, 0.5) is 4.79 Å². The van der Waals surface area contributed by atoms with E-state index >= 15 is 0 Å². The average Bonchev–Trinajstić information content (AvgIpc) is 2.97. The summed E-state index contributed by atoms with van der Waals surface area (Å²) in [4.78, 5) is 23.4. The molecule has 7 nitrogen and oxygen atoms in total. The Morgan fingerprint density at radius 2 is 1.73 bits per heavy atom. The Hall–Kier alpha value is -2.83. The topological polar surface area (TPSA) is 96.3 Å². The van der Waals surface area contributed by atoms with Gasteiger partial charge in [-0.1, -0.05) is 30.3 Å². The number of amides is 2. The van der Waals surface area contributed by atoms with Crippen molar-refractivity contribution in [2.24, 2.45) is 0 Å². The Kier molecular flexibility index (Phi) is 5.55. The molecule has 3 N–H and O–H groups in total. The van der Waals surface area contributed by atoms with Crippen LogP contribution in [0.1, 0.15) is 47.4 Å². The first-order valence-corrected chi connectivity index (χ1v) is 8.90.